The van der Waals surface area contributed by atoms with Crippen molar-refractivity contribution in [3.63, 3.8) is 0 Å². The van der Waals surface area contributed by atoms with E-state index in [-0.39, 0.29) is 6.04 Å². The lowest BCUT2D eigenvalue weighted by molar-refractivity contribution is 0.273. The number of hydrogen-bond donors (Lipinski definition) is 1. The second-order valence-electron chi connectivity index (χ2n) is 5.24. The molecule has 0 aliphatic heterocycles. The van der Waals surface area contributed by atoms with Crippen molar-refractivity contribution in [1.82, 2.24) is 10.2 Å². The average molecular weight is 268 g/mol. The second-order valence-corrected chi connectivity index (χ2v) is 5.24. The Morgan fingerprint density at radius 1 is 1.26 bits per heavy atom. The average Bonchev–Trinajstić information content (AvgIpc) is 3.17. The molecule has 1 N–H and O–H groups in total. The Hall–Kier alpha value is -1.00. The Morgan fingerprint density at radius 3 is 2.42 bits per heavy atom. The fourth-order valence-electron chi connectivity index (χ4n) is 2.41. The first-order chi connectivity index (χ1) is 9.10. The fourth-order valence-corrected chi connectivity index (χ4v) is 2.41. The third kappa shape index (κ3) is 4.25. The van der Waals surface area contributed by atoms with E-state index < -0.39 is 11.6 Å². The molecule has 19 heavy (non-hydrogen) atoms. The van der Waals surface area contributed by atoms with Crippen molar-refractivity contribution in [2.75, 3.05) is 19.6 Å². The number of benzene rings is 1. The van der Waals surface area contributed by atoms with Crippen LogP contribution in [0.3, 0.4) is 0 Å². The molecule has 0 aromatic heterocycles. The van der Waals surface area contributed by atoms with Crippen LogP contribution in [0.25, 0.3) is 0 Å². The Bertz CT molecular complexity index is 398. The van der Waals surface area contributed by atoms with Gasteiger partial charge in [0.2, 0.25) is 0 Å². The molecular formula is C15H22F2N2. The topological polar surface area (TPSA) is 15.3 Å². The smallest absolute Gasteiger partial charge is 0.126 e. The van der Waals surface area contributed by atoms with Gasteiger partial charge < -0.3 is 5.32 Å². The maximum atomic E-state index is 13.1. The van der Waals surface area contributed by atoms with Crippen LogP contribution in [0.15, 0.2) is 18.2 Å². The Labute approximate surface area is 113 Å². The van der Waals surface area contributed by atoms with E-state index in [0.29, 0.717) is 5.56 Å². The number of nitrogens with one attached hydrogen (secondary N) is 1. The third-order valence-electron chi connectivity index (χ3n) is 3.70. The molecule has 0 heterocycles. The van der Waals surface area contributed by atoms with Gasteiger partial charge in [-0.25, -0.2) is 8.78 Å². The van der Waals surface area contributed by atoms with Crippen LogP contribution in [0.4, 0.5) is 8.78 Å². The normalized spacial score (nSPS) is 16.9. The molecule has 2 rings (SSSR count). The van der Waals surface area contributed by atoms with E-state index in [0.717, 1.165) is 31.7 Å². The number of nitrogens with zero attached hydrogens (tertiary/aromatic N) is 1. The van der Waals surface area contributed by atoms with Gasteiger partial charge in [0.15, 0.2) is 0 Å². The predicted octanol–water partition coefficient (Wildman–Crippen LogP) is 3.10. The van der Waals surface area contributed by atoms with Crippen molar-refractivity contribution in [3.05, 3.63) is 35.4 Å². The molecule has 106 valence electrons. The summed E-state index contributed by atoms with van der Waals surface area (Å²) in [5.74, 6) is -1.03. The van der Waals surface area contributed by atoms with Crippen LogP contribution in [-0.4, -0.2) is 30.6 Å². The zero-order chi connectivity index (χ0) is 13.8. The van der Waals surface area contributed by atoms with Crippen LogP contribution in [0.1, 0.15) is 38.3 Å². The summed E-state index contributed by atoms with van der Waals surface area (Å²) in [5, 5.41) is 3.33. The van der Waals surface area contributed by atoms with Crippen LogP contribution in [0.2, 0.25) is 0 Å². The number of halogens is 2. The van der Waals surface area contributed by atoms with Gasteiger partial charge in [-0.15, -0.1) is 0 Å². The highest BCUT2D eigenvalue weighted by atomic mass is 19.1. The standard InChI is InChI=1S/C15H22F2N2/c1-3-19(15-4-5-15)7-6-18-11(2)12-8-13(16)10-14(17)9-12/h8-11,15,18H,3-7H2,1-2H3. The van der Waals surface area contributed by atoms with Crippen LogP contribution < -0.4 is 5.32 Å². The van der Waals surface area contributed by atoms with Gasteiger partial charge in [-0.1, -0.05) is 6.92 Å². The summed E-state index contributed by atoms with van der Waals surface area (Å²) in [6.07, 6.45) is 2.61. The molecule has 1 unspecified atom stereocenters. The Morgan fingerprint density at radius 2 is 1.89 bits per heavy atom. The lowest BCUT2D eigenvalue weighted by atomic mass is 10.1. The molecule has 2 nitrogen and oxygen atoms in total. The van der Waals surface area contributed by atoms with Crippen molar-refractivity contribution in [3.8, 4) is 0 Å². The molecule has 1 aromatic carbocycles. The van der Waals surface area contributed by atoms with Gasteiger partial charge in [0.05, 0.1) is 0 Å². The Kier molecular flexibility index (Phi) is 4.88. The van der Waals surface area contributed by atoms with Crippen molar-refractivity contribution in [2.24, 2.45) is 0 Å². The van der Waals surface area contributed by atoms with E-state index in [4.69, 9.17) is 0 Å². The van der Waals surface area contributed by atoms with Crippen LogP contribution >= 0.6 is 0 Å². The molecule has 0 bridgehead atoms. The summed E-state index contributed by atoms with van der Waals surface area (Å²) in [7, 11) is 0. The van der Waals surface area contributed by atoms with E-state index in [1.54, 1.807) is 0 Å². The zero-order valence-corrected chi connectivity index (χ0v) is 11.6. The SMILES string of the molecule is CCN(CCNC(C)c1cc(F)cc(F)c1)C1CC1. The summed E-state index contributed by atoms with van der Waals surface area (Å²) in [4.78, 5) is 2.45. The van der Waals surface area contributed by atoms with E-state index in [9.17, 15) is 8.78 Å². The van der Waals surface area contributed by atoms with Crippen LogP contribution in [0.5, 0.6) is 0 Å². The summed E-state index contributed by atoms with van der Waals surface area (Å²) >= 11 is 0. The summed E-state index contributed by atoms with van der Waals surface area (Å²) in [5.41, 5.74) is 0.659. The molecule has 4 heteroatoms. The molecule has 1 saturated carbocycles. The van der Waals surface area contributed by atoms with Crippen molar-refractivity contribution in [1.29, 1.82) is 0 Å². The molecule has 1 aliphatic carbocycles. The largest absolute Gasteiger partial charge is 0.309 e. The van der Waals surface area contributed by atoms with Crippen LogP contribution in [0, 0.1) is 11.6 Å². The number of likely N-dealkylation sites (N-methyl/N-ethyl adjacent to an activating group) is 1. The number of rotatable bonds is 7. The highest BCUT2D eigenvalue weighted by Crippen LogP contribution is 2.26. The third-order valence-corrected chi connectivity index (χ3v) is 3.70. The molecule has 0 radical (unpaired) electrons. The molecule has 1 aromatic rings. The summed E-state index contributed by atoms with van der Waals surface area (Å²) < 4.78 is 26.3. The molecule has 0 spiro atoms. The van der Waals surface area contributed by atoms with Gasteiger partial charge in [0, 0.05) is 31.2 Å². The lowest BCUT2D eigenvalue weighted by Crippen LogP contribution is -2.34. The van der Waals surface area contributed by atoms with Gasteiger partial charge in [-0.3, -0.25) is 4.90 Å². The minimum absolute atomic E-state index is 0.0388. The first kappa shape index (κ1) is 14.4. The quantitative estimate of drug-likeness (QED) is 0.817. The molecule has 1 atom stereocenters. The molecule has 1 fully saturated rings. The Balaban J connectivity index is 1.81. The molecule has 0 amide bonds. The molecule has 1 aliphatic rings. The van der Waals surface area contributed by atoms with Gasteiger partial charge in [-0.2, -0.15) is 0 Å². The van der Waals surface area contributed by atoms with E-state index >= 15 is 0 Å². The highest BCUT2D eigenvalue weighted by molar-refractivity contribution is 5.20. The molecular weight excluding hydrogens is 246 g/mol. The minimum Gasteiger partial charge on any atom is -0.309 e. The van der Waals surface area contributed by atoms with Crippen LogP contribution in [-0.2, 0) is 0 Å². The maximum absolute atomic E-state index is 13.1. The van der Waals surface area contributed by atoms with E-state index in [1.165, 1.54) is 25.0 Å². The lowest BCUT2D eigenvalue weighted by Gasteiger charge is -2.22. The van der Waals surface area contributed by atoms with E-state index in [1.807, 2.05) is 6.92 Å². The summed E-state index contributed by atoms with van der Waals surface area (Å²) in [6.45, 7) is 6.99. The first-order valence-corrected chi connectivity index (χ1v) is 7.03. The first-order valence-electron chi connectivity index (χ1n) is 7.03. The fraction of sp³-hybridized carbons (Fsp3) is 0.600. The van der Waals surface area contributed by atoms with E-state index in [2.05, 4.69) is 17.1 Å². The zero-order valence-electron chi connectivity index (χ0n) is 11.6. The number of hydrogen-bond acceptors (Lipinski definition) is 2. The highest BCUT2D eigenvalue weighted by Gasteiger charge is 2.27. The second kappa shape index (κ2) is 6.44. The van der Waals surface area contributed by atoms with Gasteiger partial charge in [0.25, 0.3) is 0 Å². The maximum Gasteiger partial charge on any atom is 0.126 e. The van der Waals surface area contributed by atoms with Crippen molar-refractivity contribution in [2.45, 2.75) is 38.8 Å². The molecule has 0 saturated heterocycles. The predicted molar refractivity (Wildman–Crippen MR) is 73.0 cm³/mol. The van der Waals surface area contributed by atoms with Crippen molar-refractivity contribution >= 4 is 0 Å². The van der Waals surface area contributed by atoms with Gasteiger partial charge in [0.1, 0.15) is 11.6 Å². The monoisotopic (exact) mass is 268 g/mol. The van der Waals surface area contributed by atoms with Gasteiger partial charge >= 0.3 is 0 Å². The minimum atomic E-state index is -0.517. The van der Waals surface area contributed by atoms with Gasteiger partial charge in [-0.05, 0) is 44.0 Å². The summed E-state index contributed by atoms with van der Waals surface area (Å²) in [6, 6.07) is 4.40. The van der Waals surface area contributed by atoms with Crippen molar-refractivity contribution < 1.29 is 8.78 Å².